The number of aliphatic hydroxyl groups is 1. The molecule has 0 radical (unpaired) electrons. The van der Waals surface area contributed by atoms with Gasteiger partial charge >= 0.3 is 10.1 Å². The molecule has 1 fully saturated rings. The number of benzene rings is 1. The molecule has 0 amide bonds. The van der Waals surface area contributed by atoms with Crippen molar-refractivity contribution in [2.75, 3.05) is 5.75 Å². The summed E-state index contributed by atoms with van der Waals surface area (Å²) in [5.41, 5.74) is 0. The van der Waals surface area contributed by atoms with Crippen LogP contribution in [0.1, 0.15) is 25.7 Å². The topological polar surface area (TPSA) is 63.6 Å². The van der Waals surface area contributed by atoms with Gasteiger partial charge in [-0.05, 0) is 30.9 Å². The summed E-state index contributed by atoms with van der Waals surface area (Å²) in [6.45, 7) is 0. The Bertz CT molecular complexity index is 463. The fraction of sp³-hybridized carbons (Fsp3) is 0.538. The molecule has 100 valence electrons. The molecular weight excluding hydrogens is 252 g/mol. The molecule has 0 heterocycles. The van der Waals surface area contributed by atoms with E-state index in [9.17, 15) is 13.5 Å². The molecule has 1 N–H and O–H groups in total. The molecule has 0 aliphatic heterocycles. The Morgan fingerprint density at radius 2 is 1.83 bits per heavy atom. The summed E-state index contributed by atoms with van der Waals surface area (Å²) in [6.07, 6.45) is 3.13. The van der Waals surface area contributed by atoms with Crippen LogP contribution in [0.4, 0.5) is 0 Å². The smallest absolute Gasteiger partial charge is 0.311 e. The Balaban J connectivity index is 1.94. The Labute approximate surface area is 108 Å². The Hall–Kier alpha value is -1.07. The van der Waals surface area contributed by atoms with Crippen LogP contribution in [0, 0.1) is 5.92 Å². The highest BCUT2D eigenvalue weighted by molar-refractivity contribution is 7.87. The fourth-order valence-corrected chi connectivity index (χ4v) is 3.51. The van der Waals surface area contributed by atoms with E-state index in [0.717, 1.165) is 25.7 Å². The second-order valence-corrected chi connectivity index (χ2v) is 6.35. The van der Waals surface area contributed by atoms with Crippen molar-refractivity contribution in [2.24, 2.45) is 5.92 Å². The lowest BCUT2D eigenvalue weighted by atomic mass is 10.0. The second-order valence-electron chi connectivity index (χ2n) is 4.73. The molecule has 1 saturated carbocycles. The summed E-state index contributed by atoms with van der Waals surface area (Å²) in [5.74, 6) is 0.0577. The lowest BCUT2D eigenvalue weighted by molar-refractivity contribution is 0.130. The van der Waals surface area contributed by atoms with Crippen LogP contribution in [-0.4, -0.2) is 25.4 Å². The minimum Gasteiger partial charge on any atom is -0.392 e. The van der Waals surface area contributed by atoms with Gasteiger partial charge in [0.2, 0.25) is 0 Å². The molecule has 0 unspecified atom stereocenters. The summed E-state index contributed by atoms with van der Waals surface area (Å²) in [4.78, 5) is 0. The van der Waals surface area contributed by atoms with Crippen LogP contribution >= 0.6 is 0 Å². The minimum absolute atomic E-state index is 0.0964. The van der Waals surface area contributed by atoms with Crippen LogP contribution in [0.25, 0.3) is 0 Å². The molecule has 1 aliphatic carbocycles. The van der Waals surface area contributed by atoms with Gasteiger partial charge in [0.15, 0.2) is 0 Å². The van der Waals surface area contributed by atoms with E-state index in [1.165, 1.54) is 0 Å². The van der Waals surface area contributed by atoms with Gasteiger partial charge in [0.25, 0.3) is 0 Å². The maximum atomic E-state index is 11.8. The van der Waals surface area contributed by atoms with Gasteiger partial charge in [-0.25, -0.2) is 0 Å². The van der Waals surface area contributed by atoms with Crippen LogP contribution in [0.3, 0.4) is 0 Å². The third kappa shape index (κ3) is 3.71. The van der Waals surface area contributed by atoms with Gasteiger partial charge in [0.05, 0.1) is 6.10 Å². The highest BCUT2D eigenvalue weighted by Gasteiger charge is 2.28. The maximum Gasteiger partial charge on any atom is 0.311 e. The molecule has 1 aliphatic rings. The van der Waals surface area contributed by atoms with Crippen molar-refractivity contribution in [3.63, 3.8) is 0 Å². The van der Waals surface area contributed by atoms with E-state index in [0.29, 0.717) is 0 Å². The number of hydrogen-bond donors (Lipinski definition) is 1. The monoisotopic (exact) mass is 270 g/mol. The Morgan fingerprint density at radius 1 is 1.22 bits per heavy atom. The average Bonchev–Trinajstić information content (AvgIpc) is 2.82. The SMILES string of the molecule is O=S(=O)(C[C@@H](O)C1CCCC1)Oc1ccccc1. The molecule has 4 nitrogen and oxygen atoms in total. The first-order chi connectivity index (χ1) is 8.57. The zero-order chi connectivity index (χ0) is 13.0. The molecule has 0 aromatic heterocycles. The van der Waals surface area contributed by atoms with E-state index >= 15 is 0 Å². The largest absolute Gasteiger partial charge is 0.392 e. The summed E-state index contributed by atoms with van der Waals surface area (Å²) in [5, 5.41) is 9.90. The van der Waals surface area contributed by atoms with Gasteiger partial charge in [-0.2, -0.15) is 8.42 Å². The van der Waals surface area contributed by atoms with Crippen molar-refractivity contribution >= 4 is 10.1 Å². The third-order valence-corrected chi connectivity index (χ3v) is 4.48. The highest BCUT2D eigenvalue weighted by Crippen LogP contribution is 2.28. The standard InChI is InChI=1S/C13H18O4S/c14-13(11-6-4-5-7-11)10-18(15,16)17-12-8-2-1-3-9-12/h1-3,8-9,11,13-14H,4-7,10H2/t13-/m1/s1. The molecule has 0 saturated heterocycles. The molecule has 1 atom stereocenters. The van der Waals surface area contributed by atoms with E-state index in [4.69, 9.17) is 4.18 Å². The number of aliphatic hydroxyl groups excluding tert-OH is 1. The van der Waals surface area contributed by atoms with Crippen molar-refractivity contribution in [1.82, 2.24) is 0 Å². The fourth-order valence-electron chi connectivity index (χ4n) is 2.34. The van der Waals surface area contributed by atoms with Crippen LogP contribution in [0.15, 0.2) is 30.3 Å². The van der Waals surface area contributed by atoms with Gasteiger partial charge < -0.3 is 9.29 Å². The number of para-hydroxylation sites is 1. The second kappa shape index (κ2) is 5.71. The van der Waals surface area contributed by atoms with Crippen LogP contribution in [-0.2, 0) is 10.1 Å². The molecular formula is C13H18O4S. The summed E-state index contributed by atoms with van der Waals surface area (Å²) < 4.78 is 28.5. The lowest BCUT2D eigenvalue weighted by Crippen LogP contribution is -2.29. The summed E-state index contributed by atoms with van der Waals surface area (Å²) >= 11 is 0. The highest BCUT2D eigenvalue weighted by atomic mass is 32.2. The molecule has 18 heavy (non-hydrogen) atoms. The van der Waals surface area contributed by atoms with Gasteiger partial charge in [-0.3, -0.25) is 0 Å². The van der Waals surface area contributed by atoms with Gasteiger partial charge in [-0.1, -0.05) is 31.0 Å². The molecule has 0 bridgehead atoms. The predicted molar refractivity (Wildman–Crippen MR) is 68.8 cm³/mol. The molecule has 5 heteroatoms. The first-order valence-corrected chi connectivity index (χ1v) is 7.80. The van der Waals surface area contributed by atoms with E-state index in [1.54, 1.807) is 30.3 Å². The van der Waals surface area contributed by atoms with E-state index in [-0.39, 0.29) is 17.4 Å². The van der Waals surface area contributed by atoms with Crippen molar-refractivity contribution in [1.29, 1.82) is 0 Å². The summed E-state index contributed by atoms with van der Waals surface area (Å²) in [6, 6.07) is 8.36. The summed E-state index contributed by atoms with van der Waals surface area (Å²) in [7, 11) is -3.72. The average molecular weight is 270 g/mol. The van der Waals surface area contributed by atoms with Crippen LogP contribution in [0.2, 0.25) is 0 Å². The van der Waals surface area contributed by atoms with Crippen molar-refractivity contribution in [3.05, 3.63) is 30.3 Å². The normalized spacial score (nSPS) is 18.7. The maximum absolute atomic E-state index is 11.8. The van der Waals surface area contributed by atoms with Gasteiger partial charge in [-0.15, -0.1) is 0 Å². The quantitative estimate of drug-likeness (QED) is 0.831. The van der Waals surface area contributed by atoms with E-state index in [2.05, 4.69) is 0 Å². The first kappa shape index (κ1) is 13.4. The molecule has 0 spiro atoms. The number of rotatable bonds is 5. The Morgan fingerprint density at radius 3 is 2.44 bits per heavy atom. The number of hydrogen-bond acceptors (Lipinski definition) is 4. The van der Waals surface area contributed by atoms with E-state index < -0.39 is 16.2 Å². The zero-order valence-corrected chi connectivity index (χ0v) is 11.0. The van der Waals surface area contributed by atoms with Crippen molar-refractivity contribution < 1.29 is 17.7 Å². The van der Waals surface area contributed by atoms with Gasteiger partial charge in [0.1, 0.15) is 11.5 Å². The van der Waals surface area contributed by atoms with Crippen molar-refractivity contribution in [2.45, 2.75) is 31.8 Å². The predicted octanol–water partition coefficient (Wildman–Crippen LogP) is 1.95. The third-order valence-electron chi connectivity index (χ3n) is 3.29. The lowest BCUT2D eigenvalue weighted by Gasteiger charge is -2.17. The Kier molecular flexibility index (Phi) is 4.24. The van der Waals surface area contributed by atoms with E-state index in [1.807, 2.05) is 0 Å². The van der Waals surface area contributed by atoms with Crippen LogP contribution in [0.5, 0.6) is 5.75 Å². The first-order valence-electron chi connectivity index (χ1n) is 6.22. The van der Waals surface area contributed by atoms with Crippen molar-refractivity contribution in [3.8, 4) is 5.75 Å². The molecule has 1 aromatic carbocycles. The molecule has 1 aromatic rings. The minimum atomic E-state index is -3.72. The van der Waals surface area contributed by atoms with Gasteiger partial charge in [0, 0.05) is 0 Å². The van der Waals surface area contributed by atoms with Crippen LogP contribution < -0.4 is 4.18 Å². The molecule has 2 rings (SSSR count). The zero-order valence-electron chi connectivity index (χ0n) is 10.2.